The van der Waals surface area contributed by atoms with Crippen LogP contribution in [0.15, 0.2) is 42.5 Å². The van der Waals surface area contributed by atoms with Crippen LogP contribution in [0.5, 0.6) is 11.5 Å². The fraction of sp³-hybridized carbons (Fsp3) is 0.133. The summed E-state index contributed by atoms with van der Waals surface area (Å²) in [6.45, 7) is 8.09. The van der Waals surface area contributed by atoms with E-state index in [-0.39, 0.29) is 0 Å². The second kappa shape index (κ2) is 4.40. The van der Waals surface area contributed by atoms with Crippen LogP contribution in [0.4, 0.5) is 0 Å². The summed E-state index contributed by atoms with van der Waals surface area (Å²) in [4.78, 5) is 0. The zero-order valence-electron chi connectivity index (χ0n) is 9.66. The number of rotatable bonds is 2. The van der Waals surface area contributed by atoms with Gasteiger partial charge in [-0.3, -0.25) is 0 Å². The van der Waals surface area contributed by atoms with Crippen LogP contribution >= 0.6 is 0 Å². The van der Waals surface area contributed by atoms with Crippen LogP contribution in [0.3, 0.4) is 0 Å². The standard InChI is InChI=1S/C15H15O/c1-11-8-6-10-15(13(11)3)16-14-9-5-4-7-12(14)2/h4-10H,2H2,1,3H3. The lowest BCUT2D eigenvalue weighted by Gasteiger charge is -2.11. The maximum Gasteiger partial charge on any atom is 0.130 e. The van der Waals surface area contributed by atoms with Gasteiger partial charge >= 0.3 is 0 Å². The number of para-hydroxylation sites is 1. The predicted octanol–water partition coefficient (Wildman–Crippen LogP) is 4.28. The molecule has 0 aliphatic heterocycles. The molecule has 0 aromatic heterocycles. The highest BCUT2D eigenvalue weighted by atomic mass is 16.5. The minimum absolute atomic E-state index is 0.816. The molecule has 0 fully saturated rings. The minimum Gasteiger partial charge on any atom is -0.457 e. The summed E-state index contributed by atoms with van der Waals surface area (Å²) in [5.74, 6) is 1.72. The zero-order chi connectivity index (χ0) is 11.5. The molecule has 2 aromatic carbocycles. The van der Waals surface area contributed by atoms with E-state index in [9.17, 15) is 0 Å². The first kappa shape index (κ1) is 10.7. The third kappa shape index (κ3) is 2.08. The molecule has 0 saturated heterocycles. The van der Waals surface area contributed by atoms with Crippen LogP contribution in [-0.2, 0) is 0 Å². The first-order chi connectivity index (χ1) is 7.68. The molecule has 0 atom stereocenters. The van der Waals surface area contributed by atoms with Gasteiger partial charge in [-0.2, -0.15) is 0 Å². The summed E-state index contributed by atoms with van der Waals surface area (Å²) in [5.41, 5.74) is 3.31. The average molecular weight is 211 g/mol. The largest absolute Gasteiger partial charge is 0.457 e. The van der Waals surface area contributed by atoms with Gasteiger partial charge in [-0.25, -0.2) is 0 Å². The van der Waals surface area contributed by atoms with Gasteiger partial charge in [-0.1, -0.05) is 30.3 Å². The van der Waals surface area contributed by atoms with Crippen LogP contribution in [0.2, 0.25) is 0 Å². The highest BCUT2D eigenvalue weighted by molar-refractivity contribution is 5.44. The van der Waals surface area contributed by atoms with Crippen LogP contribution in [0.1, 0.15) is 16.7 Å². The van der Waals surface area contributed by atoms with Crippen molar-refractivity contribution in [2.75, 3.05) is 0 Å². The third-order valence-corrected chi connectivity index (χ3v) is 2.75. The van der Waals surface area contributed by atoms with Crippen LogP contribution < -0.4 is 4.74 Å². The molecule has 0 aliphatic rings. The number of ether oxygens (including phenoxy) is 1. The molecule has 0 N–H and O–H groups in total. The van der Waals surface area contributed by atoms with E-state index in [1.807, 2.05) is 36.4 Å². The van der Waals surface area contributed by atoms with E-state index in [2.05, 4.69) is 26.8 Å². The summed E-state index contributed by atoms with van der Waals surface area (Å²) in [6.07, 6.45) is 0. The molecule has 81 valence electrons. The topological polar surface area (TPSA) is 9.23 Å². The van der Waals surface area contributed by atoms with Gasteiger partial charge in [-0.15, -0.1) is 0 Å². The predicted molar refractivity (Wildman–Crippen MR) is 66.9 cm³/mol. The molecule has 0 unspecified atom stereocenters. The van der Waals surface area contributed by atoms with Crippen molar-refractivity contribution >= 4 is 0 Å². The van der Waals surface area contributed by atoms with Crippen LogP contribution in [0, 0.1) is 20.8 Å². The van der Waals surface area contributed by atoms with E-state index in [4.69, 9.17) is 4.74 Å². The highest BCUT2D eigenvalue weighted by Gasteiger charge is 2.04. The van der Waals surface area contributed by atoms with Crippen molar-refractivity contribution in [2.24, 2.45) is 0 Å². The molecule has 0 aliphatic carbocycles. The van der Waals surface area contributed by atoms with Crippen molar-refractivity contribution in [3.05, 3.63) is 66.1 Å². The summed E-state index contributed by atoms with van der Waals surface area (Å²) in [7, 11) is 0. The Morgan fingerprint density at radius 1 is 0.875 bits per heavy atom. The monoisotopic (exact) mass is 211 g/mol. The highest BCUT2D eigenvalue weighted by Crippen LogP contribution is 2.28. The summed E-state index contributed by atoms with van der Waals surface area (Å²) >= 11 is 0. The van der Waals surface area contributed by atoms with E-state index in [1.165, 1.54) is 11.1 Å². The molecule has 0 amide bonds. The zero-order valence-corrected chi connectivity index (χ0v) is 9.66. The Bertz CT molecular complexity index is 501. The van der Waals surface area contributed by atoms with Gasteiger partial charge in [0.1, 0.15) is 11.5 Å². The molecule has 2 rings (SSSR count). The van der Waals surface area contributed by atoms with E-state index >= 15 is 0 Å². The van der Waals surface area contributed by atoms with Gasteiger partial charge in [0.2, 0.25) is 0 Å². The van der Waals surface area contributed by atoms with E-state index in [1.54, 1.807) is 0 Å². The molecule has 16 heavy (non-hydrogen) atoms. The Kier molecular flexibility index (Phi) is 2.95. The van der Waals surface area contributed by atoms with Crippen molar-refractivity contribution < 1.29 is 4.74 Å². The van der Waals surface area contributed by atoms with Gasteiger partial charge in [-0.05, 0) is 49.6 Å². The molecule has 0 heterocycles. The van der Waals surface area contributed by atoms with Gasteiger partial charge in [0.25, 0.3) is 0 Å². The smallest absolute Gasteiger partial charge is 0.130 e. The number of benzene rings is 2. The lowest BCUT2D eigenvalue weighted by molar-refractivity contribution is 0.476. The Morgan fingerprint density at radius 2 is 1.56 bits per heavy atom. The van der Waals surface area contributed by atoms with Crippen LogP contribution in [0.25, 0.3) is 0 Å². The lowest BCUT2D eigenvalue weighted by Crippen LogP contribution is -1.91. The molecule has 2 aromatic rings. The second-order valence-electron chi connectivity index (χ2n) is 3.91. The molecule has 0 saturated carbocycles. The van der Waals surface area contributed by atoms with Crippen molar-refractivity contribution in [3.8, 4) is 11.5 Å². The fourth-order valence-corrected chi connectivity index (χ4v) is 1.56. The molecule has 0 spiro atoms. The van der Waals surface area contributed by atoms with E-state index < -0.39 is 0 Å². The molecule has 1 heteroatoms. The molecule has 1 radical (unpaired) electrons. The first-order valence-electron chi connectivity index (χ1n) is 5.33. The second-order valence-corrected chi connectivity index (χ2v) is 3.91. The Morgan fingerprint density at radius 3 is 2.31 bits per heavy atom. The average Bonchev–Trinajstić information content (AvgIpc) is 2.28. The summed E-state index contributed by atoms with van der Waals surface area (Å²) in [6, 6.07) is 13.9. The van der Waals surface area contributed by atoms with Crippen LogP contribution in [-0.4, -0.2) is 0 Å². The molecule has 1 nitrogen and oxygen atoms in total. The summed E-state index contributed by atoms with van der Waals surface area (Å²) < 4.78 is 5.86. The van der Waals surface area contributed by atoms with E-state index in [0.29, 0.717) is 0 Å². The maximum absolute atomic E-state index is 5.86. The SMILES string of the molecule is [CH2]c1ccccc1Oc1cccc(C)c1C. The van der Waals surface area contributed by atoms with Crippen molar-refractivity contribution in [1.82, 2.24) is 0 Å². The number of hydrogen-bond donors (Lipinski definition) is 0. The van der Waals surface area contributed by atoms with E-state index in [0.717, 1.165) is 17.1 Å². The molecular weight excluding hydrogens is 196 g/mol. The van der Waals surface area contributed by atoms with Gasteiger partial charge in [0, 0.05) is 0 Å². The summed E-state index contributed by atoms with van der Waals surface area (Å²) in [5, 5.41) is 0. The molecular formula is C15H15O. The third-order valence-electron chi connectivity index (χ3n) is 2.75. The van der Waals surface area contributed by atoms with Crippen molar-refractivity contribution in [1.29, 1.82) is 0 Å². The normalized spacial score (nSPS) is 10.2. The fourth-order valence-electron chi connectivity index (χ4n) is 1.56. The Labute approximate surface area is 96.7 Å². The number of aryl methyl sites for hydroxylation is 1. The van der Waals surface area contributed by atoms with Gasteiger partial charge < -0.3 is 4.74 Å². The lowest BCUT2D eigenvalue weighted by atomic mass is 10.1. The van der Waals surface area contributed by atoms with Crippen molar-refractivity contribution in [2.45, 2.75) is 13.8 Å². The quantitative estimate of drug-likeness (QED) is 0.720. The molecule has 0 bridgehead atoms. The maximum atomic E-state index is 5.86. The first-order valence-corrected chi connectivity index (χ1v) is 5.33. The Hall–Kier alpha value is -1.76. The van der Waals surface area contributed by atoms with Crippen molar-refractivity contribution in [3.63, 3.8) is 0 Å². The minimum atomic E-state index is 0.816. The van der Waals surface area contributed by atoms with Gasteiger partial charge in [0.15, 0.2) is 0 Å². The Balaban J connectivity index is 2.35. The number of hydrogen-bond acceptors (Lipinski definition) is 1. The van der Waals surface area contributed by atoms with Gasteiger partial charge in [0.05, 0.1) is 0 Å².